The Hall–Kier alpha value is -2.92. The fourth-order valence-corrected chi connectivity index (χ4v) is 3.44. The van der Waals surface area contributed by atoms with Crippen molar-refractivity contribution in [3.8, 4) is 0 Å². The summed E-state index contributed by atoms with van der Waals surface area (Å²) in [5.41, 5.74) is 2.33. The van der Waals surface area contributed by atoms with Crippen LogP contribution in [0, 0.1) is 6.92 Å². The van der Waals surface area contributed by atoms with Crippen LogP contribution in [-0.4, -0.2) is 26.0 Å². The molecule has 0 atom stereocenters. The fourth-order valence-electron chi connectivity index (χ4n) is 3.44. The normalized spacial score (nSPS) is 11.5. The Labute approximate surface area is 159 Å². The molecule has 0 saturated heterocycles. The summed E-state index contributed by atoms with van der Waals surface area (Å²) in [6, 6.07) is 14.6. The summed E-state index contributed by atoms with van der Waals surface area (Å²) < 4.78 is 7.94. The lowest BCUT2D eigenvalue weighted by atomic mass is 10.1. The van der Waals surface area contributed by atoms with Crippen LogP contribution in [0.1, 0.15) is 23.5 Å². The van der Waals surface area contributed by atoms with E-state index in [4.69, 9.17) is 4.42 Å². The zero-order valence-electron chi connectivity index (χ0n) is 15.6. The first-order valence-electron chi connectivity index (χ1n) is 9.34. The maximum absolute atomic E-state index is 5.82. The van der Waals surface area contributed by atoms with Gasteiger partial charge in [-0.1, -0.05) is 24.3 Å². The molecule has 5 heteroatoms. The molecule has 27 heavy (non-hydrogen) atoms. The van der Waals surface area contributed by atoms with E-state index < -0.39 is 0 Å². The molecule has 0 fully saturated rings. The molecule has 0 aliphatic rings. The average Bonchev–Trinajstić information content (AvgIpc) is 3.34. The second-order valence-electron chi connectivity index (χ2n) is 6.87. The van der Waals surface area contributed by atoms with Gasteiger partial charge >= 0.3 is 0 Å². The summed E-state index contributed by atoms with van der Waals surface area (Å²) in [5, 5.41) is 1.18. The quantitative estimate of drug-likeness (QED) is 0.466. The van der Waals surface area contributed by atoms with Crippen LogP contribution < -0.4 is 0 Å². The lowest BCUT2D eigenvalue weighted by Gasteiger charge is -2.22. The van der Waals surface area contributed by atoms with Gasteiger partial charge < -0.3 is 8.98 Å². The molecule has 1 aromatic carbocycles. The van der Waals surface area contributed by atoms with Crippen molar-refractivity contribution in [1.82, 2.24) is 19.4 Å². The van der Waals surface area contributed by atoms with E-state index >= 15 is 0 Å². The minimum Gasteiger partial charge on any atom is -0.465 e. The van der Waals surface area contributed by atoms with Crippen molar-refractivity contribution < 1.29 is 4.42 Å². The van der Waals surface area contributed by atoms with Gasteiger partial charge in [0.15, 0.2) is 0 Å². The number of nitrogens with zero attached hydrogens (tertiary/aromatic N) is 4. The highest BCUT2D eigenvalue weighted by Gasteiger charge is 2.12. The maximum Gasteiger partial charge on any atom is 0.118 e. The van der Waals surface area contributed by atoms with Crippen LogP contribution in [0.5, 0.6) is 0 Å². The van der Waals surface area contributed by atoms with E-state index in [1.807, 2.05) is 44.0 Å². The zero-order valence-corrected chi connectivity index (χ0v) is 15.6. The van der Waals surface area contributed by atoms with Gasteiger partial charge in [0.1, 0.15) is 11.5 Å². The second-order valence-corrected chi connectivity index (χ2v) is 6.87. The van der Waals surface area contributed by atoms with E-state index in [1.165, 1.54) is 10.9 Å². The van der Waals surface area contributed by atoms with Crippen LogP contribution in [0.15, 0.2) is 71.8 Å². The third-order valence-corrected chi connectivity index (χ3v) is 4.74. The highest BCUT2D eigenvalue weighted by molar-refractivity contribution is 5.81. The monoisotopic (exact) mass is 360 g/mol. The molecule has 5 nitrogen and oxygen atoms in total. The van der Waals surface area contributed by atoms with Crippen LogP contribution in [0.25, 0.3) is 10.9 Å². The number of benzene rings is 1. The predicted molar refractivity (Wildman–Crippen MR) is 106 cm³/mol. The molecule has 0 N–H and O–H groups in total. The Morgan fingerprint density at radius 1 is 1.04 bits per heavy atom. The van der Waals surface area contributed by atoms with Crippen LogP contribution in [0.2, 0.25) is 0 Å². The average molecular weight is 360 g/mol. The van der Waals surface area contributed by atoms with Gasteiger partial charge in [0.25, 0.3) is 0 Å². The van der Waals surface area contributed by atoms with Crippen LogP contribution in [-0.2, 0) is 19.6 Å². The summed E-state index contributed by atoms with van der Waals surface area (Å²) in [6.07, 6.45) is 8.62. The predicted octanol–water partition coefficient (Wildman–Crippen LogP) is 4.43. The van der Waals surface area contributed by atoms with Crippen molar-refractivity contribution in [1.29, 1.82) is 0 Å². The highest BCUT2D eigenvalue weighted by Crippen LogP contribution is 2.19. The van der Waals surface area contributed by atoms with Crippen molar-refractivity contribution in [2.45, 2.75) is 33.0 Å². The number of aryl methyl sites for hydroxylation is 2. The molecule has 3 heterocycles. The van der Waals surface area contributed by atoms with Crippen LogP contribution >= 0.6 is 0 Å². The van der Waals surface area contributed by atoms with Crippen molar-refractivity contribution in [3.63, 3.8) is 0 Å². The molecule has 3 aromatic heterocycles. The Balaban J connectivity index is 1.50. The van der Waals surface area contributed by atoms with Crippen molar-refractivity contribution >= 4 is 10.9 Å². The van der Waals surface area contributed by atoms with Gasteiger partial charge in [-0.25, -0.2) is 4.98 Å². The molecular formula is C22H24N4O. The lowest BCUT2D eigenvalue weighted by molar-refractivity contribution is 0.228. The number of para-hydroxylation sites is 1. The third kappa shape index (κ3) is 4.44. The molecular weight excluding hydrogens is 336 g/mol. The number of furan rings is 1. The van der Waals surface area contributed by atoms with E-state index in [0.29, 0.717) is 0 Å². The molecule has 138 valence electrons. The molecule has 0 aliphatic heterocycles. The SMILES string of the molecule is Cc1ccc(CN(CCCn2ccnc2)Cc2cccc3cccnc23)o1. The van der Waals surface area contributed by atoms with Crippen LogP contribution in [0.4, 0.5) is 0 Å². The molecule has 0 aliphatic carbocycles. The molecule has 0 amide bonds. The van der Waals surface area contributed by atoms with Gasteiger partial charge in [0, 0.05) is 43.6 Å². The van der Waals surface area contributed by atoms with Gasteiger partial charge in [-0.05, 0) is 37.1 Å². The smallest absolute Gasteiger partial charge is 0.118 e. The second kappa shape index (κ2) is 8.18. The first-order valence-corrected chi connectivity index (χ1v) is 9.34. The third-order valence-electron chi connectivity index (χ3n) is 4.74. The van der Waals surface area contributed by atoms with Crippen molar-refractivity contribution in [2.75, 3.05) is 6.54 Å². The Morgan fingerprint density at radius 2 is 1.96 bits per heavy atom. The number of hydrogen-bond acceptors (Lipinski definition) is 4. The molecule has 0 unspecified atom stereocenters. The lowest BCUT2D eigenvalue weighted by Crippen LogP contribution is -2.25. The van der Waals surface area contributed by atoms with Gasteiger partial charge in [-0.15, -0.1) is 0 Å². The first kappa shape index (κ1) is 17.5. The zero-order chi connectivity index (χ0) is 18.5. The molecule has 4 aromatic rings. The Kier molecular flexibility index (Phi) is 5.30. The van der Waals surface area contributed by atoms with Crippen molar-refractivity contribution in [3.05, 3.63) is 84.5 Å². The minimum atomic E-state index is 0.793. The van der Waals surface area contributed by atoms with E-state index in [2.05, 4.69) is 49.8 Å². The number of aromatic nitrogens is 3. The number of imidazole rings is 1. The van der Waals surface area contributed by atoms with E-state index in [0.717, 1.165) is 49.6 Å². The minimum absolute atomic E-state index is 0.793. The summed E-state index contributed by atoms with van der Waals surface area (Å²) in [4.78, 5) is 11.2. The Morgan fingerprint density at radius 3 is 2.78 bits per heavy atom. The highest BCUT2D eigenvalue weighted by atomic mass is 16.3. The first-order chi connectivity index (χ1) is 13.3. The molecule has 0 saturated carbocycles. The van der Waals surface area contributed by atoms with Gasteiger partial charge in [-0.2, -0.15) is 0 Å². The van der Waals surface area contributed by atoms with Gasteiger partial charge in [-0.3, -0.25) is 9.88 Å². The standard InChI is InChI=1S/C22H24N4O/c1-18-8-9-21(27-18)16-26(13-4-12-25-14-11-23-17-25)15-20-6-2-5-19-7-3-10-24-22(19)20/h2-3,5-11,14,17H,4,12-13,15-16H2,1H3. The molecule has 4 rings (SSSR count). The maximum atomic E-state index is 5.82. The number of pyridine rings is 1. The summed E-state index contributed by atoms with van der Waals surface area (Å²) in [7, 11) is 0. The van der Waals surface area contributed by atoms with Crippen molar-refractivity contribution in [2.24, 2.45) is 0 Å². The molecule has 0 bridgehead atoms. The van der Waals surface area contributed by atoms with Gasteiger partial charge in [0.2, 0.25) is 0 Å². The van der Waals surface area contributed by atoms with E-state index in [-0.39, 0.29) is 0 Å². The van der Waals surface area contributed by atoms with E-state index in [1.54, 1.807) is 0 Å². The number of fused-ring (bicyclic) bond motifs is 1. The molecule has 0 spiro atoms. The summed E-state index contributed by atoms with van der Waals surface area (Å²) >= 11 is 0. The number of rotatable bonds is 8. The summed E-state index contributed by atoms with van der Waals surface area (Å²) in [5.74, 6) is 1.96. The van der Waals surface area contributed by atoms with Gasteiger partial charge in [0.05, 0.1) is 18.4 Å². The molecule has 0 radical (unpaired) electrons. The fraction of sp³-hybridized carbons (Fsp3) is 0.273. The topological polar surface area (TPSA) is 47.1 Å². The largest absolute Gasteiger partial charge is 0.465 e. The van der Waals surface area contributed by atoms with Crippen LogP contribution in [0.3, 0.4) is 0 Å². The Bertz CT molecular complexity index is 985. The number of hydrogen-bond donors (Lipinski definition) is 0. The summed E-state index contributed by atoms with van der Waals surface area (Å²) in [6.45, 7) is 5.56. The van der Waals surface area contributed by atoms with E-state index in [9.17, 15) is 0 Å².